The van der Waals surface area contributed by atoms with Gasteiger partial charge in [-0.25, -0.2) is 18.0 Å². The van der Waals surface area contributed by atoms with Crippen molar-refractivity contribution in [2.45, 2.75) is 37.6 Å². The molecule has 0 spiro atoms. The second kappa shape index (κ2) is 8.32. The van der Waals surface area contributed by atoms with Crippen LogP contribution in [0.15, 0.2) is 28.5 Å². The van der Waals surface area contributed by atoms with Crippen LogP contribution in [0, 0.1) is 0 Å². The highest BCUT2D eigenvalue weighted by atomic mass is 35.5. The van der Waals surface area contributed by atoms with Gasteiger partial charge in [0.2, 0.25) is 21.3 Å². The lowest BCUT2D eigenvalue weighted by atomic mass is 9.88. The summed E-state index contributed by atoms with van der Waals surface area (Å²) in [5.41, 5.74) is -1.86. The molecular weight excluding hydrogens is 410 g/mol. The van der Waals surface area contributed by atoms with Crippen LogP contribution in [0.5, 0.6) is 0 Å². The minimum Gasteiger partial charge on any atom is -0.464 e. The molecule has 1 aromatic carbocycles. The van der Waals surface area contributed by atoms with Crippen LogP contribution in [-0.2, 0) is 33.7 Å². The third-order valence-corrected chi connectivity index (χ3v) is 5.78. The summed E-state index contributed by atoms with van der Waals surface area (Å²) in [5.74, 6) is -2.77. The van der Waals surface area contributed by atoms with Crippen LogP contribution in [-0.4, -0.2) is 45.0 Å². The molecular formula is C18H20ClNO7S. The van der Waals surface area contributed by atoms with Crippen LogP contribution >= 0.6 is 11.6 Å². The van der Waals surface area contributed by atoms with Crippen LogP contribution in [0.25, 0.3) is 5.57 Å². The fraction of sp³-hybridized carbons (Fsp3) is 0.389. The van der Waals surface area contributed by atoms with Crippen molar-refractivity contribution in [3.63, 3.8) is 0 Å². The lowest BCUT2D eigenvalue weighted by Gasteiger charge is -2.30. The van der Waals surface area contributed by atoms with Gasteiger partial charge in [0.25, 0.3) is 0 Å². The molecule has 0 unspecified atom stereocenters. The van der Waals surface area contributed by atoms with Gasteiger partial charge in [0.05, 0.1) is 18.1 Å². The monoisotopic (exact) mass is 429 g/mol. The number of esters is 2. The normalized spacial score (nSPS) is 14.6. The fourth-order valence-corrected chi connectivity index (χ4v) is 4.56. The fourth-order valence-electron chi connectivity index (χ4n) is 2.92. The van der Waals surface area contributed by atoms with E-state index in [2.05, 4.69) is 5.32 Å². The molecule has 0 aliphatic carbocycles. The highest BCUT2D eigenvalue weighted by Gasteiger charge is 2.51. The first kappa shape index (κ1) is 21.9. The second-order valence-corrected chi connectivity index (χ2v) is 8.23. The minimum absolute atomic E-state index is 0.00339. The van der Waals surface area contributed by atoms with E-state index >= 15 is 0 Å². The van der Waals surface area contributed by atoms with E-state index < -0.39 is 39.6 Å². The number of benzene rings is 1. The molecule has 1 aliphatic heterocycles. The molecule has 28 heavy (non-hydrogen) atoms. The number of amides is 1. The summed E-state index contributed by atoms with van der Waals surface area (Å²) in [6.45, 7) is 4.09. The largest absolute Gasteiger partial charge is 0.464 e. The maximum Gasteiger partial charge on any atom is 0.344 e. The van der Waals surface area contributed by atoms with Crippen molar-refractivity contribution < 1.29 is 32.3 Å². The number of sulfone groups is 1. The first-order chi connectivity index (χ1) is 13.1. The topological polar surface area (TPSA) is 116 Å². The maximum atomic E-state index is 12.7. The van der Waals surface area contributed by atoms with E-state index in [4.69, 9.17) is 21.1 Å². The number of rotatable bonds is 7. The van der Waals surface area contributed by atoms with Gasteiger partial charge >= 0.3 is 11.9 Å². The highest BCUT2D eigenvalue weighted by molar-refractivity contribution is 7.95. The zero-order chi connectivity index (χ0) is 21.1. The van der Waals surface area contributed by atoms with Gasteiger partial charge in [-0.05, 0) is 43.2 Å². The number of fused-ring (bicyclic) bond motifs is 1. The predicted molar refractivity (Wildman–Crippen MR) is 101 cm³/mol. The van der Waals surface area contributed by atoms with Crippen molar-refractivity contribution in [1.29, 1.82) is 0 Å². The average Bonchev–Trinajstić information content (AvgIpc) is 2.83. The molecule has 1 amide bonds. The highest BCUT2D eigenvalue weighted by Crippen LogP contribution is 2.39. The average molecular weight is 430 g/mol. The Kier molecular flexibility index (Phi) is 6.51. The first-order valence-electron chi connectivity index (χ1n) is 8.46. The van der Waals surface area contributed by atoms with Gasteiger partial charge in [0.15, 0.2) is 0 Å². The summed E-state index contributed by atoms with van der Waals surface area (Å²) in [6, 6.07) is 4.18. The SMILES string of the molecule is CCOC(=O)C(CC1=CS(=O)(=O)c2ccc(Cl)cc21)(NC(C)=O)C(=O)OCC. The smallest absolute Gasteiger partial charge is 0.344 e. The Balaban J connectivity index is 2.62. The molecule has 0 saturated heterocycles. The lowest BCUT2D eigenvalue weighted by molar-refractivity contribution is -0.167. The van der Waals surface area contributed by atoms with Gasteiger partial charge < -0.3 is 14.8 Å². The van der Waals surface area contributed by atoms with Crippen LogP contribution in [0.3, 0.4) is 0 Å². The summed E-state index contributed by atoms with van der Waals surface area (Å²) >= 11 is 5.99. The molecule has 1 aromatic rings. The minimum atomic E-state index is -3.79. The Bertz CT molecular complexity index is 935. The van der Waals surface area contributed by atoms with Crippen molar-refractivity contribution in [3.05, 3.63) is 34.2 Å². The standard InChI is InChI=1S/C18H20ClNO7S/c1-4-26-16(22)18(20-11(3)21,17(23)27-5-2)9-12-10-28(24,25)15-7-6-13(19)8-14(12)15/h6-8,10H,4-5,9H2,1-3H3,(H,20,21). The zero-order valence-corrected chi connectivity index (χ0v) is 17.1. The van der Waals surface area contributed by atoms with E-state index in [1.54, 1.807) is 0 Å². The van der Waals surface area contributed by atoms with Crippen LogP contribution in [0.1, 0.15) is 32.8 Å². The van der Waals surface area contributed by atoms with E-state index in [9.17, 15) is 22.8 Å². The number of carbonyl (C=O) groups excluding carboxylic acids is 3. The molecule has 0 saturated carbocycles. The van der Waals surface area contributed by atoms with E-state index in [1.165, 1.54) is 32.0 Å². The van der Waals surface area contributed by atoms with Crippen molar-refractivity contribution in [2.75, 3.05) is 13.2 Å². The molecule has 2 rings (SSSR count). The predicted octanol–water partition coefficient (Wildman–Crippen LogP) is 1.86. The van der Waals surface area contributed by atoms with Crippen molar-refractivity contribution >= 4 is 44.9 Å². The number of carbonyl (C=O) groups is 3. The third-order valence-electron chi connectivity index (χ3n) is 3.98. The van der Waals surface area contributed by atoms with E-state index in [1.807, 2.05) is 0 Å². The Morgan fingerprint density at radius 3 is 2.18 bits per heavy atom. The molecule has 1 N–H and O–H groups in total. The number of hydrogen-bond acceptors (Lipinski definition) is 7. The van der Waals surface area contributed by atoms with Crippen molar-refractivity contribution in [2.24, 2.45) is 0 Å². The lowest BCUT2D eigenvalue weighted by Crippen LogP contribution is -2.61. The Hall–Kier alpha value is -2.39. The Morgan fingerprint density at radius 2 is 1.68 bits per heavy atom. The molecule has 0 atom stereocenters. The van der Waals surface area contributed by atoms with Crippen molar-refractivity contribution in [3.8, 4) is 0 Å². The third kappa shape index (κ3) is 4.20. The first-order valence-corrected chi connectivity index (χ1v) is 10.4. The van der Waals surface area contributed by atoms with Gasteiger partial charge in [-0.15, -0.1) is 0 Å². The summed E-state index contributed by atoms with van der Waals surface area (Å²) in [5, 5.41) is 3.53. The number of ether oxygens (including phenoxy) is 2. The Labute approximate surface area is 167 Å². The molecule has 0 bridgehead atoms. The van der Waals surface area contributed by atoms with Crippen LogP contribution in [0.4, 0.5) is 0 Å². The molecule has 0 aromatic heterocycles. The van der Waals surface area contributed by atoms with Gasteiger partial charge in [-0.1, -0.05) is 11.6 Å². The summed E-state index contributed by atoms with van der Waals surface area (Å²) < 4.78 is 34.9. The maximum absolute atomic E-state index is 12.7. The second-order valence-electron chi connectivity index (χ2n) is 6.03. The number of nitrogens with one attached hydrogen (secondary N) is 1. The molecule has 1 aliphatic rings. The zero-order valence-electron chi connectivity index (χ0n) is 15.6. The van der Waals surface area contributed by atoms with Crippen molar-refractivity contribution in [1.82, 2.24) is 5.32 Å². The summed E-state index contributed by atoms with van der Waals surface area (Å²) in [6.07, 6.45) is -0.475. The quantitative estimate of drug-likeness (QED) is 0.519. The molecule has 10 heteroatoms. The molecule has 0 radical (unpaired) electrons. The van der Waals surface area contributed by atoms with Gasteiger partial charge in [-0.3, -0.25) is 4.79 Å². The molecule has 0 fully saturated rings. The number of hydrogen-bond donors (Lipinski definition) is 1. The van der Waals surface area contributed by atoms with Crippen LogP contribution < -0.4 is 5.32 Å². The Morgan fingerprint density at radius 1 is 1.11 bits per heavy atom. The molecule has 152 valence electrons. The number of halogens is 1. The van der Waals surface area contributed by atoms with Gasteiger partial charge in [-0.2, -0.15) is 0 Å². The van der Waals surface area contributed by atoms with Gasteiger partial charge in [0, 0.05) is 23.8 Å². The van der Waals surface area contributed by atoms with E-state index in [0.717, 1.165) is 12.3 Å². The van der Waals surface area contributed by atoms with Gasteiger partial charge in [0.1, 0.15) is 0 Å². The van der Waals surface area contributed by atoms with E-state index in [-0.39, 0.29) is 34.3 Å². The summed E-state index contributed by atoms with van der Waals surface area (Å²) in [4.78, 5) is 37.2. The molecule has 8 nitrogen and oxygen atoms in total. The van der Waals surface area contributed by atoms with Crippen LogP contribution in [0.2, 0.25) is 5.02 Å². The van der Waals surface area contributed by atoms with E-state index in [0.29, 0.717) is 0 Å². The summed E-state index contributed by atoms with van der Waals surface area (Å²) in [7, 11) is -3.79. The molecule has 1 heterocycles.